The Morgan fingerprint density at radius 1 is 1.29 bits per heavy atom. The van der Waals surface area contributed by atoms with Gasteiger partial charge in [-0.1, -0.05) is 24.3 Å². The molecule has 3 nitrogen and oxygen atoms in total. The maximum absolute atomic E-state index is 5.17. The predicted molar refractivity (Wildman–Crippen MR) is 60.9 cm³/mol. The van der Waals surface area contributed by atoms with Gasteiger partial charge < -0.3 is 5.73 Å². The van der Waals surface area contributed by atoms with Crippen molar-refractivity contribution in [1.82, 2.24) is 0 Å². The van der Waals surface area contributed by atoms with Gasteiger partial charge in [0.1, 0.15) is 0 Å². The van der Waals surface area contributed by atoms with Crippen LogP contribution in [0.1, 0.15) is 11.1 Å². The summed E-state index contributed by atoms with van der Waals surface area (Å²) in [6, 6.07) is 8.19. The molecule has 2 N–H and O–H groups in total. The molecule has 0 aromatic heterocycles. The molecule has 74 valence electrons. The molecular formula is C11H15N3. The van der Waals surface area contributed by atoms with Crippen molar-refractivity contribution in [2.45, 2.75) is 13.0 Å². The van der Waals surface area contributed by atoms with E-state index < -0.39 is 0 Å². The molecule has 0 unspecified atom stereocenters. The molecule has 0 radical (unpaired) electrons. The normalized spacial score (nSPS) is 10.6. The van der Waals surface area contributed by atoms with E-state index in [4.69, 9.17) is 5.73 Å². The Bertz CT molecular complexity index is 318. The summed E-state index contributed by atoms with van der Waals surface area (Å²) in [6.45, 7) is 4.89. The number of aliphatic imine (C=N–C) groups is 2. The molecule has 14 heavy (non-hydrogen) atoms. The van der Waals surface area contributed by atoms with Crippen LogP contribution in [0.2, 0.25) is 0 Å². The maximum Gasteiger partial charge on any atom is 0.0797 e. The highest BCUT2D eigenvalue weighted by Crippen LogP contribution is 2.10. The number of hydrogen-bond donors (Lipinski definition) is 1. The van der Waals surface area contributed by atoms with E-state index in [1.807, 2.05) is 12.1 Å². The summed E-state index contributed by atoms with van der Waals surface area (Å²) < 4.78 is 0. The van der Waals surface area contributed by atoms with Gasteiger partial charge in [0.15, 0.2) is 0 Å². The number of rotatable bonds is 5. The molecule has 0 bridgehead atoms. The summed E-state index contributed by atoms with van der Waals surface area (Å²) >= 11 is 0. The summed E-state index contributed by atoms with van der Waals surface area (Å²) in [7, 11) is 0. The first-order chi connectivity index (χ1) is 6.88. The van der Waals surface area contributed by atoms with E-state index in [0.29, 0.717) is 6.54 Å². The van der Waals surface area contributed by atoms with Gasteiger partial charge in [-0.2, -0.15) is 0 Å². The smallest absolute Gasteiger partial charge is 0.0797 e. The first kappa shape index (κ1) is 10.4. The first-order valence-electron chi connectivity index (χ1n) is 4.57. The zero-order valence-corrected chi connectivity index (χ0v) is 8.19. The molecule has 0 saturated carbocycles. The molecule has 1 rings (SSSR count). The highest BCUT2D eigenvalue weighted by molar-refractivity contribution is 5.51. The summed E-state index contributed by atoms with van der Waals surface area (Å²) in [4.78, 5) is 7.86. The van der Waals surface area contributed by atoms with Crippen molar-refractivity contribution in [3.63, 3.8) is 0 Å². The van der Waals surface area contributed by atoms with Gasteiger partial charge in [-0.15, -0.1) is 0 Å². The van der Waals surface area contributed by atoms with Crippen LogP contribution >= 0.6 is 0 Å². The quantitative estimate of drug-likeness (QED) is 0.552. The minimum Gasteiger partial charge on any atom is -0.390 e. The molecule has 1 aromatic carbocycles. The average Bonchev–Trinajstić information content (AvgIpc) is 2.21. The summed E-state index contributed by atoms with van der Waals surface area (Å²) in [5, 5.41) is 0. The third kappa shape index (κ3) is 3.01. The minimum atomic E-state index is 0.669. The molecule has 0 aliphatic carbocycles. The largest absolute Gasteiger partial charge is 0.390 e. The van der Waals surface area contributed by atoms with Gasteiger partial charge in [0.05, 0.1) is 12.9 Å². The molecule has 0 amide bonds. The lowest BCUT2D eigenvalue weighted by Gasteiger charge is -2.04. The Balaban J connectivity index is 2.68. The third-order valence-electron chi connectivity index (χ3n) is 2.02. The molecular weight excluding hydrogens is 174 g/mol. The molecule has 1 aromatic rings. The number of benzene rings is 1. The van der Waals surface area contributed by atoms with Gasteiger partial charge in [-0.3, -0.25) is 9.98 Å². The van der Waals surface area contributed by atoms with E-state index in [9.17, 15) is 0 Å². The van der Waals surface area contributed by atoms with Crippen molar-refractivity contribution < 1.29 is 0 Å². The van der Waals surface area contributed by atoms with Crippen LogP contribution in [0.3, 0.4) is 0 Å². The Morgan fingerprint density at radius 3 is 2.64 bits per heavy atom. The fourth-order valence-corrected chi connectivity index (χ4v) is 1.34. The van der Waals surface area contributed by atoms with Crippen molar-refractivity contribution in [1.29, 1.82) is 0 Å². The van der Waals surface area contributed by atoms with Crippen LogP contribution in [-0.2, 0) is 13.0 Å². The lowest BCUT2D eigenvalue weighted by molar-refractivity contribution is 0.934. The summed E-state index contributed by atoms with van der Waals surface area (Å²) in [5.74, 6) is 0. The van der Waals surface area contributed by atoms with Gasteiger partial charge in [-0.05, 0) is 24.3 Å². The van der Waals surface area contributed by atoms with E-state index in [0.717, 1.165) is 13.0 Å². The van der Waals surface area contributed by atoms with E-state index in [-0.39, 0.29) is 0 Å². The SMILES string of the molecule is C=NCc1ccccc1CCN=CN. The van der Waals surface area contributed by atoms with E-state index in [1.54, 1.807) is 0 Å². The second kappa shape index (κ2) is 5.91. The van der Waals surface area contributed by atoms with Crippen LogP contribution < -0.4 is 5.73 Å². The number of nitrogens with zero attached hydrogens (tertiary/aromatic N) is 2. The zero-order chi connectivity index (χ0) is 10.2. The second-order valence-corrected chi connectivity index (χ2v) is 2.96. The lowest BCUT2D eigenvalue weighted by atomic mass is 10.0. The fourth-order valence-electron chi connectivity index (χ4n) is 1.34. The van der Waals surface area contributed by atoms with Crippen molar-refractivity contribution >= 4 is 13.1 Å². The van der Waals surface area contributed by atoms with E-state index in [1.165, 1.54) is 17.5 Å². The van der Waals surface area contributed by atoms with Crippen molar-refractivity contribution in [2.24, 2.45) is 15.7 Å². The van der Waals surface area contributed by atoms with Gasteiger partial charge in [0, 0.05) is 6.54 Å². The van der Waals surface area contributed by atoms with Crippen LogP contribution in [0.15, 0.2) is 34.3 Å². The number of hydrogen-bond acceptors (Lipinski definition) is 2. The molecule has 0 aliphatic rings. The molecule has 0 heterocycles. The predicted octanol–water partition coefficient (Wildman–Crippen LogP) is 1.42. The van der Waals surface area contributed by atoms with Gasteiger partial charge in [-0.25, -0.2) is 0 Å². The standard InChI is InChI=1S/C11H15N3/c1-13-8-11-5-3-2-4-10(11)6-7-14-9-12/h2-5,9H,1,6-8H2,(H2,12,14). The van der Waals surface area contributed by atoms with Crippen LogP contribution in [0, 0.1) is 0 Å². The van der Waals surface area contributed by atoms with Crippen LogP contribution in [0.5, 0.6) is 0 Å². The second-order valence-electron chi connectivity index (χ2n) is 2.96. The molecule has 3 heteroatoms. The van der Waals surface area contributed by atoms with Crippen LogP contribution in [-0.4, -0.2) is 19.6 Å². The molecule has 0 aliphatic heterocycles. The highest BCUT2D eigenvalue weighted by atomic mass is 14.8. The summed E-state index contributed by atoms with van der Waals surface area (Å²) in [5.41, 5.74) is 7.66. The summed E-state index contributed by atoms with van der Waals surface area (Å²) in [6.07, 6.45) is 2.24. The first-order valence-corrected chi connectivity index (χ1v) is 4.57. The van der Waals surface area contributed by atoms with Crippen molar-refractivity contribution in [3.05, 3.63) is 35.4 Å². The fraction of sp³-hybridized carbons (Fsp3) is 0.273. The molecule has 0 spiro atoms. The Hall–Kier alpha value is -1.64. The Morgan fingerprint density at radius 2 is 2.00 bits per heavy atom. The van der Waals surface area contributed by atoms with E-state index >= 15 is 0 Å². The minimum absolute atomic E-state index is 0.669. The maximum atomic E-state index is 5.17. The lowest BCUT2D eigenvalue weighted by Crippen LogP contribution is -1.97. The third-order valence-corrected chi connectivity index (χ3v) is 2.02. The van der Waals surface area contributed by atoms with E-state index in [2.05, 4.69) is 28.8 Å². The Labute approximate surface area is 84.4 Å². The Kier molecular flexibility index (Phi) is 4.41. The van der Waals surface area contributed by atoms with Gasteiger partial charge >= 0.3 is 0 Å². The van der Waals surface area contributed by atoms with Crippen molar-refractivity contribution in [3.8, 4) is 0 Å². The number of nitrogens with two attached hydrogens (primary N) is 1. The molecule has 0 fully saturated rings. The van der Waals surface area contributed by atoms with Gasteiger partial charge in [0.2, 0.25) is 0 Å². The van der Waals surface area contributed by atoms with Gasteiger partial charge in [0.25, 0.3) is 0 Å². The van der Waals surface area contributed by atoms with Crippen LogP contribution in [0.25, 0.3) is 0 Å². The molecule has 0 saturated heterocycles. The van der Waals surface area contributed by atoms with Crippen LogP contribution in [0.4, 0.5) is 0 Å². The monoisotopic (exact) mass is 189 g/mol. The molecule has 0 atom stereocenters. The zero-order valence-electron chi connectivity index (χ0n) is 8.19. The highest BCUT2D eigenvalue weighted by Gasteiger charge is 1.98. The average molecular weight is 189 g/mol. The van der Waals surface area contributed by atoms with Crippen molar-refractivity contribution in [2.75, 3.05) is 6.54 Å². The topological polar surface area (TPSA) is 50.7 Å².